The minimum atomic E-state index is -3.50. The monoisotopic (exact) mass is 849 g/mol. The van der Waals surface area contributed by atoms with Crippen LogP contribution in [0.25, 0.3) is 33.5 Å². The van der Waals surface area contributed by atoms with E-state index in [0.717, 1.165) is 23.8 Å². The molecule has 0 bridgehead atoms. The van der Waals surface area contributed by atoms with Crippen molar-refractivity contribution < 1.29 is 32.3 Å². The number of imidazole rings is 1. The predicted molar refractivity (Wildman–Crippen MR) is 227 cm³/mol. The number of ether oxygens (including phenoxy) is 2. The highest BCUT2D eigenvalue weighted by atomic mass is 32.2. The minimum Gasteiger partial charge on any atom is -0.476 e. The van der Waals surface area contributed by atoms with Crippen molar-refractivity contribution in [3.05, 3.63) is 106 Å². The SMILES string of the molecule is CCc1ccc(C(=O)NCc2cc3nc(-c4cccc(OCCNCCOCCCc5cccc6c5n(C)c(=O)n6C5CCC(=O)NC5=O)n4)ccc3nn2)cc1S(C)(=O)=O. The van der Waals surface area contributed by atoms with Gasteiger partial charge in [0.25, 0.3) is 5.91 Å². The first-order valence-electron chi connectivity index (χ1n) is 20.1. The number of fused-ring (bicyclic) bond motifs is 2. The van der Waals surface area contributed by atoms with E-state index in [1.165, 1.54) is 10.6 Å². The van der Waals surface area contributed by atoms with E-state index in [1.807, 2.05) is 37.3 Å². The van der Waals surface area contributed by atoms with E-state index in [1.54, 1.807) is 48.0 Å². The summed E-state index contributed by atoms with van der Waals surface area (Å²) in [6.45, 7) is 4.54. The third kappa shape index (κ3) is 9.99. The van der Waals surface area contributed by atoms with Crippen LogP contribution in [0.2, 0.25) is 0 Å². The number of para-hydroxylation sites is 1. The molecular formula is C43H47N9O8S. The van der Waals surface area contributed by atoms with Crippen molar-refractivity contribution in [1.29, 1.82) is 0 Å². The number of nitrogens with one attached hydrogen (secondary N) is 3. The number of carbonyl (C=O) groups excluding carboxylic acids is 3. The average Bonchev–Trinajstić information content (AvgIpc) is 3.51. The van der Waals surface area contributed by atoms with Gasteiger partial charge in [0.2, 0.25) is 17.7 Å². The van der Waals surface area contributed by atoms with Crippen molar-refractivity contribution in [3.8, 4) is 17.3 Å². The smallest absolute Gasteiger partial charge is 0.329 e. The Morgan fingerprint density at radius 1 is 0.902 bits per heavy atom. The number of hydrogen-bond donors (Lipinski definition) is 3. The Kier molecular flexibility index (Phi) is 13.3. The molecule has 0 radical (unpaired) electrons. The Hall–Kier alpha value is -6.37. The Labute approximate surface area is 351 Å². The molecule has 5 heterocycles. The molecule has 0 aliphatic carbocycles. The number of pyridine rings is 2. The number of nitrogens with zero attached hydrogens (tertiary/aromatic N) is 6. The summed E-state index contributed by atoms with van der Waals surface area (Å²) in [6, 6.07) is 20.4. The molecule has 3 N–H and O–H groups in total. The van der Waals surface area contributed by atoms with Crippen molar-refractivity contribution in [2.75, 3.05) is 39.2 Å². The third-order valence-electron chi connectivity index (χ3n) is 10.4. The Morgan fingerprint density at radius 2 is 1.70 bits per heavy atom. The fourth-order valence-corrected chi connectivity index (χ4v) is 8.38. The van der Waals surface area contributed by atoms with Crippen LogP contribution in [0.1, 0.15) is 59.4 Å². The Morgan fingerprint density at radius 3 is 2.51 bits per heavy atom. The van der Waals surface area contributed by atoms with E-state index in [9.17, 15) is 27.6 Å². The summed E-state index contributed by atoms with van der Waals surface area (Å²) in [6.07, 6.45) is 3.57. The van der Waals surface area contributed by atoms with Gasteiger partial charge >= 0.3 is 5.69 Å². The van der Waals surface area contributed by atoms with E-state index >= 15 is 0 Å². The molecule has 318 valence electrons. The van der Waals surface area contributed by atoms with Crippen LogP contribution in [0.3, 0.4) is 0 Å². The maximum absolute atomic E-state index is 13.2. The third-order valence-corrected chi connectivity index (χ3v) is 11.6. The van der Waals surface area contributed by atoms with Crippen molar-refractivity contribution in [2.45, 2.75) is 56.5 Å². The molecule has 0 saturated carbocycles. The minimum absolute atomic E-state index is 0.0625. The molecule has 3 amide bonds. The van der Waals surface area contributed by atoms with Crippen molar-refractivity contribution >= 4 is 49.6 Å². The predicted octanol–water partition coefficient (Wildman–Crippen LogP) is 3.23. The summed E-state index contributed by atoms with van der Waals surface area (Å²) >= 11 is 0. The lowest BCUT2D eigenvalue weighted by Crippen LogP contribution is -2.44. The molecule has 2 aromatic carbocycles. The number of aryl methyl sites for hydroxylation is 3. The summed E-state index contributed by atoms with van der Waals surface area (Å²) < 4.78 is 39.4. The quantitative estimate of drug-likeness (QED) is 0.0837. The van der Waals surface area contributed by atoms with Crippen molar-refractivity contribution in [1.82, 2.24) is 45.2 Å². The number of hydrogen-bond acceptors (Lipinski definition) is 13. The standard InChI is InChI=1S/C43H47N9O8S/c1-4-27-13-14-29(24-37(27)61(3,57)58)41(54)45-26-30-25-34-33(50-49-30)16-15-32(46-34)31-10-6-12-39(47-31)60-23-20-44-19-22-59-21-7-9-28-8-5-11-35-40(28)51(2)43(56)52(35)36-17-18-38(53)48-42(36)55/h5-6,8,10-16,24-25,36,44H,4,7,9,17-23,26H2,1-3H3,(H,45,54)(H,48,53,55). The number of imide groups is 1. The molecule has 1 saturated heterocycles. The molecule has 7 rings (SSSR count). The van der Waals surface area contributed by atoms with Crippen molar-refractivity contribution in [3.63, 3.8) is 0 Å². The number of piperidine rings is 1. The topological polar surface area (TPSA) is 218 Å². The van der Waals surface area contributed by atoms with Crippen LogP contribution in [0, 0.1) is 0 Å². The van der Waals surface area contributed by atoms with E-state index < -0.39 is 27.7 Å². The number of amides is 3. The van der Waals surface area contributed by atoms with Gasteiger partial charge in [-0.2, -0.15) is 5.10 Å². The molecule has 17 nitrogen and oxygen atoms in total. The molecule has 18 heteroatoms. The van der Waals surface area contributed by atoms with E-state index in [-0.39, 0.29) is 35.0 Å². The van der Waals surface area contributed by atoms with Crippen LogP contribution < -0.4 is 26.4 Å². The molecule has 1 aliphatic heterocycles. The van der Waals surface area contributed by atoms with E-state index in [0.29, 0.717) is 97.2 Å². The number of carbonyl (C=O) groups is 3. The first-order valence-corrected chi connectivity index (χ1v) is 22.0. The fraction of sp³-hybridized carbons (Fsp3) is 0.349. The lowest BCUT2D eigenvalue weighted by Gasteiger charge is -2.21. The normalized spacial score (nSPS) is 14.4. The second-order valence-corrected chi connectivity index (χ2v) is 16.7. The van der Waals surface area contributed by atoms with Gasteiger partial charge in [-0.05, 0) is 79.3 Å². The number of benzene rings is 2. The molecule has 1 unspecified atom stereocenters. The molecule has 6 aromatic rings. The summed E-state index contributed by atoms with van der Waals surface area (Å²) in [7, 11) is -1.80. The summed E-state index contributed by atoms with van der Waals surface area (Å²) in [5.41, 5.74) is 5.86. The zero-order chi connectivity index (χ0) is 43.1. The van der Waals surface area contributed by atoms with Crippen LogP contribution >= 0.6 is 0 Å². The zero-order valence-corrected chi connectivity index (χ0v) is 35.0. The highest BCUT2D eigenvalue weighted by Gasteiger charge is 2.31. The van der Waals surface area contributed by atoms with Gasteiger partial charge in [0, 0.05) is 51.1 Å². The maximum Gasteiger partial charge on any atom is 0.329 e. The molecule has 4 aromatic heterocycles. The molecule has 61 heavy (non-hydrogen) atoms. The van der Waals surface area contributed by atoms with Crippen LogP contribution in [-0.2, 0) is 50.6 Å². The summed E-state index contributed by atoms with van der Waals surface area (Å²) in [5, 5.41) is 16.9. The van der Waals surface area contributed by atoms with Crippen LogP contribution in [0.4, 0.5) is 0 Å². The lowest BCUT2D eigenvalue weighted by atomic mass is 10.0. The van der Waals surface area contributed by atoms with Gasteiger partial charge in [0.15, 0.2) is 9.84 Å². The fourth-order valence-electron chi connectivity index (χ4n) is 7.35. The zero-order valence-electron chi connectivity index (χ0n) is 34.1. The van der Waals surface area contributed by atoms with Gasteiger partial charge in [-0.1, -0.05) is 31.2 Å². The largest absolute Gasteiger partial charge is 0.476 e. The summed E-state index contributed by atoms with van der Waals surface area (Å²) in [4.78, 5) is 59.8. The van der Waals surface area contributed by atoms with E-state index in [4.69, 9.17) is 14.5 Å². The number of sulfone groups is 1. The second kappa shape index (κ2) is 18.9. The number of aromatic nitrogens is 6. The summed E-state index contributed by atoms with van der Waals surface area (Å²) in [5.74, 6) is -0.763. The Bertz CT molecular complexity index is 2790. The average molecular weight is 850 g/mol. The van der Waals surface area contributed by atoms with Gasteiger partial charge in [-0.15, -0.1) is 5.10 Å². The van der Waals surface area contributed by atoms with Crippen LogP contribution in [0.5, 0.6) is 5.88 Å². The highest BCUT2D eigenvalue weighted by molar-refractivity contribution is 7.90. The van der Waals surface area contributed by atoms with Gasteiger partial charge in [0.05, 0.1) is 51.7 Å². The van der Waals surface area contributed by atoms with Crippen LogP contribution in [0.15, 0.2) is 82.5 Å². The molecule has 1 aliphatic rings. The van der Waals surface area contributed by atoms with Gasteiger partial charge in [-0.3, -0.25) is 28.8 Å². The van der Waals surface area contributed by atoms with Crippen LogP contribution in [-0.4, -0.2) is 94.6 Å². The molecular weight excluding hydrogens is 803 g/mol. The van der Waals surface area contributed by atoms with Gasteiger partial charge in [0.1, 0.15) is 18.2 Å². The number of rotatable bonds is 18. The molecule has 0 spiro atoms. The lowest BCUT2D eigenvalue weighted by molar-refractivity contribution is -0.135. The maximum atomic E-state index is 13.2. The Balaban J connectivity index is 0.844. The highest BCUT2D eigenvalue weighted by Crippen LogP contribution is 2.26. The first-order chi connectivity index (χ1) is 29.4. The van der Waals surface area contributed by atoms with Gasteiger partial charge < -0.3 is 20.1 Å². The molecule has 1 atom stereocenters. The first kappa shape index (κ1) is 42.7. The van der Waals surface area contributed by atoms with E-state index in [2.05, 4.69) is 31.1 Å². The van der Waals surface area contributed by atoms with Gasteiger partial charge in [-0.25, -0.2) is 23.2 Å². The second-order valence-electron chi connectivity index (χ2n) is 14.7. The van der Waals surface area contributed by atoms with Crippen molar-refractivity contribution in [2.24, 2.45) is 7.05 Å². The molecule has 1 fully saturated rings.